The maximum absolute atomic E-state index is 12.2. The highest BCUT2D eigenvalue weighted by Crippen LogP contribution is 2.27. The Morgan fingerprint density at radius 3 is 2.40 bits per heavy atom. The molecule has 0 aliphatic carbocycles. The molecule has 0 unspecified atom stereocenters. The molecule has 8 nitrogen and oxygen atoms in total. The Morgan fingerprint density at radius 2 is 1.76 bits per heavy atom. The van der Waals surface area contributed by atoms with E-state index in [0.717, 1.165) is 0 Å². The lowest BCUT2D eigenvalue weighted by atomic mass is 10.2. The van der Waals surface area contributed by atoms with Crippen molar-refractivity contribution in [2.45, 2.75) is 12.3 Å². The van der Waals surface area contributed by atoms with Crippen LogP contribution in [0.5, 0.6) is 11.5 Å². The van der Waals surface area contributed by atoms with Crippen LogP contribution in [-0.4, -0.2) is 27.6 Å². The quantitative estimate of drug-likeness (QED) is 0.567. The summed E-state index contributed by atoms with van der Waals surface area (Å²) in [5.74, 6) is 0.700. The number of nitrogens with zero attached hydrogens (tertiary/aromatic N) is 1. The molecular formula is C16H18N2O6S. The molecule has 2 rings (SSSR count). The van der Waals surface area contributed by atoms with Gasteiger partial charge < -0.3 is 9.47 Å². The minimum absolute atomic E-state index is 0.0671. The number of ether oxygens (including phenoxy) is 2. The molecule has 0 aliphatic rings. The third kappa shape index (κ3) is 5.16. The number of rotatable bonds is 8. The summed E-state index contributed by atoms with van der Waals surface area (Å²) < 4.78 is 37.2. The summed E-state index contributed by atoms with van der Waals surface area (Å²) in [6, 6.07) is 10.6. The zero-order chi connectivity index (χ0) is 18.4. The highest BCUT2D eigenvalue weighted by Gasteiger charge is 2.14. The average Bonchev–Trinajstić information content (AvgIpc) is 2.59. The van der Waals surface area contributed by atoms with Gasteiger partial charge in [-0.25, -0.2) is 13.1 Å². The predicted octanol–water partition coefficient (Wildman–Crippen LogP) is 2.23. The van der Waals surface area contributed by atoms with E-state index in [1.165, 1.54) is 38.5 Å². The zero-order valence-corrected chi connectivity index (χ0v) is 14.6. The first-order valence-corrected chi connectivity index (χ1v) is 8.91. The molecule has 0 fully saturated rings. The molecule has 134 valence electrons. The number of methoxy groups -OCH3 is 2. The second-order valence-corrected chi connectivity index (χ2v) is 7.00. The van der Waals surface area contributed by atoms with E-state index < -0.39 is 14.9 Å². The number of benzene rings is 2. The van der Waals surface area contributed by atoms with E-state index in [0.29, 0.717) is 22.6 Å². The van der Waals surface area contributed by atoms with Crippen molar-refractivity contribution < 1.29 is 22.8 Å². The van der Waals surface area contributed by atoms with E-state index in [1.807, 2.05) is 0 Å². The molecule has 0 amide bonds. The van der Waals surface area contributed by atoms with Gasteiger partial charge in [0.1, 0.15) is 0 Å². The van der Waals surface area contributed by atoms with Crippen LogP contribution in [0.2, 0.25) is 0 Å². The maximum Gasteiger partial charge on any atom is 0.269 e. The molecule has 2 aromatic carbocycles. The SMILES string of the molecule is COc1ccc(CNS(=O)(=O)Cc2cccc([N+](=O)[O-])c2)cc1OC. The Morgan fingerprint density at radius 1 is 1.04 bits per heavy atom. The largest absolute Gasteiger partial charge is 0.493 e. The number of sulfonamides is 1. The summed E-state index contributed by atoms with van der Waals surface area (Å²) in [6.45, 7) is 0.0671. The standard InChI is InChI=1S/C16H18N2O6S/c1-23-15-7-6-12(9-16(15)24-2)10-17-25(21,22)11-13-4-3-5-14(8-13)18(19)20/h3-9,17H,10-11H2,1-2H3. The molecule has 25 heavy (non-hydrogen) atoms. The summed E-state index contributed by atoms with van der Waals surface area (Å²) in [7, 11) is -0.648. The van der Waals surface area contributed by atoms with Crippen LogP contribution in [0.3, 0.4) is 0 Å². The van der Waals surface area contributed by atoms with Crippen molar-refractivity contribution in [1.82, 2.24) is 4.72 Å². The molecule has 0 bridgehead atoms. The van der Waals surface area contributed by atoms with E-state index in [9.17, 15) is 18.5 Å². The number of hydrogen-bond donors (Lipinski definition) is 1. The van der Waals surface area contributed by atoms with Crippen molar-refractivity contribution in [2.75, 3.05) is 14.2 Å². The molecule has 0 aliphatic heterocycles. The topological polar surface area (TPSA) is 108 Å². The Hall–Kier alpha value is -2.65. The fourth-order valence-corrected chi connectivity index (χ4v) is 3.32. The van der Waals surface area contributed by atoms with Crippen LogP contribution in [0, 0.1) is 10.1 Å². The number of nitro benzene ring substituents is 1. The summed E-state index contributed by atoms with van der Waals surface area (Å²) in [5, 5.41) is 10.8. The van der Waals surface area contributed by atoms with Crippen molar-refractivity contribution >= 4 is 15.7 Å². The normalized spacial score (nSPS) is 11.1. The van der Waals surface area contributed by atoms with Crippen molar-refractivity contribution in [3.05, 3.63) is 63.7 Å². The summed E-state index contributed by atoms with van der Waals surface area (Å²) in [5.41, 5.74) is 0.891. The molecule has 2 aromatic rings. The van der Waals surface area contributed by atoms with E-state index in [-0.39, 0.29) is 18.0 Å². The van der Waals surface area contributed by atoms with Gasteiger partial charge in [-0.1, -0.05) is 18.2 Å². The number of non-ortho nitro benzene ring substituents is 1. The fraction of sp³-hybridized carbons (Fsp3) is 0.250. The van der Waals surface area contributed by atoms with Gasteiger partial charge in [-0.3, -0.25) is 10.1 Å². The van der Waals surface area contributed by atoms with Crippen LogP contribution < -0.4 is 14.2 Å². The smallest absolute Gasteiger partial charge is 0.269 e. The zero-order valence-electron chi connectivity index (χ0n) is 13.8. The van der Waals surface area contributed by atoms with Crippen LogP contribution in [-0.2, 0) is 22.3 Å². The highest BCUT2D eigenvalue weighted by atomic mass is 32.2. The number of nitrogens with one attached hydrogen (secondary N) is 1. The molecule has 0 atom stereocenters. The lowest BCUT2D eigenvalue weighted by Gasteiger charge is -2.11. The number of nitro groups is 1. The molecule has 0 radical (unpaired) electrons. The molecule has 0 spiro atoms. The maximum atomic E-state index is 12.2. The van der Waals surface area contributed by atoms with Gasteiger partial charge in [-0.15, -0.1) is 0 Å². The lowest BCUT2D eigenvalue weighted by molar-refractivity contribution is -0.384. The van der Waals surface area contributed by atoms with Crippen molar-refractivity contribution in [3.8, 4) is 11.5 Å². The molecule has 0 saturated carbocycles. The van der Waals surface area contributed by atoms with E-state index in [2.05, 4.69) is 4.72 Å². The minimum atomic E-state index is -3.66. The van der Waals surface area contributed by atoms with Gasteiger partial charge in [0.15, 0.2) is 11.5 Å². The highest BCUT2D eigenvalue weighted by molar-refractivity contribution is 7.88. The minimum Gasteiger partial charge on any atom is -0.493 e. The third-order valence-corrected chi connectivity index (χ3v) is 4.72. The molecule has 0 heterocycles. The summed E-state index contributed by atoms with van der Waals surface area (Å²) in [4.78, 5) is 10.2. The summed E-state index contributed by atoms with van der Waals surface area (Å²) in [6.07, 6.45) is 0. The molecular weight excluding hydrogens is 348 g/mol. The summed E-state index contributed by atoms with van der Waals surface area (Å²) >= 11 is 0. The Bertz CT molecular complexity index is 867. The van der Waals surface area contributed by atoms with Gasteiger partial charge >= 0.3 is 0 Å². The van der Waals surface area contributed by atoms with E-state index >= 15 is 0 Å². The lowest BCUT2D eigenvalue weighted by Crippen LogP contribution is -2.24. The van der Waals surface area contributed by atoms with Crippen LogP contribution in [0.4, 0.5) is 5.69 Å². The Balaban J connectivity index is 2.07. The van der Waals surface area contributed by atoms with Gasteiger partial charge in [0, 0.05) is 18.7 Å². The van der Waals surface area contributed by atoms with E-state index in [4.69, 9.17) is 9.47 Å². The van der Waals surface area contributed by atoms with Crippen LogP contribution in [0.1, 0.15) is 11.1 Å². The first-order valence-electron chi connectivity index (χ1n) is 7.26. The van der Waals surface area contributed by atoms with Crippen LogP contribution >= 0.6 is 0 Å². The monoisotopic (exact) mass is 366 g/mol. The van der Waals surface area contributed by atoms with Gasteiger partial charge in [0.2, 0.25) is 10.0 Å². The van der Waals surface area contributed by atoms with Gasteiger partial charge in [0.05, 0.1) is 24.9 Å². The second kappa shape index (κ2) is 7.95. The van der Waals surface area contributed by atoms with E-state index in [1.54, 1.807) is 18.2 Å². The molecule has 0 saturated heterocycles. The number of hydrogen-bond acceptors (Lipinski definition) is 6. The van der Waals surface area contributed by atoms with Crippen molar-refractivity contribution in [3.63, 3.8) is 0 Å². The fourth-order valence-electron chi connectivity index (χ4n) is 2.21. The van der Waals surface area contributed by atoms with Crippen LogP contribution in [0.15, 0.2) is 42.5 Å². The first-order chi connectivity index (χ1) is 11.8. The van der Waals surface area contributed by atoms with Crippen molar-refractivity contribution in [2.24, 2.45) is 0 Å². The molecule has 9 heteroatoms. The predicted molar refractivity (Wildman–Crippen MR) is 92.1 cm³/mol. The Labute approximate surface area is 145 Å². The van der Waals surface area contributed by atoms with Crippen LogP contribution in [0.25, 0.3) is 0 Å². The molecule has 1 N–H and O–H groups in total. The third-order valence-electron chi connectivity index (χ3n) is 3.42. The van der Waals surface area contributed by atoms with Crippen molar-refractivity contribution in [1.29, 1.82) is 0 Å². The first kappa shape index (κ1) is 18.7. The van der Waals surface area contributed by atoms with Gasteiger partial charge in [-0.2, -0.15) is 0 Å². The second-order valence-electron chi connectivity index (χ2n) is 5.20. The van der Waals surface area contributed by atoms with Gasteiger partial charge in [0.25, 0.3) is 5.69 Å². The Kier molecular flexibility index (Phi) is 5.94. The van der Waals surface area contributed by atoms with Gasteiger partial charge in [-0.05, 0) is 23.3 Å². The average molecular weight is 366 g/mol. The molecule has 0 aromatic heterocycles.